The van der Waals surface area contributed by atoms with E-state index in [1.165, 1.54) is 7.05 Å². The van der Waals surface area contributed by atoms with Crippen LogP contribution in [-0.4, -0.2) is 59.0 Å². The SMILES string of the molecule is CCNC(=NCc1ccc(S(=O)(=O)NC)cc1)N1CCN(c2cccc(Cl)c2)CC1.I. The second-order valence-electron chi connectivity index (χ2n) is 6.98. The third kappa shape index (κ3) is 6.96. The van der Waals surface area contributed by atoms with Crippen LogP contribution in [0.1, 0.15) is 12.5 Å². The summed E-state index contributed by atoms with van der Waals surface area (Å²) in [5, 5.41) is 4.11. The van der Waals surface area contributed by atoms with Crippen LogP contribution in [0.4, 0.5) is 5.69 Å². The highest BCUT2D eigenvalue weighted by atomic mass is 127. The number of nitrogens with zero attached hydrogens (tertiary/aromatic N) is 3. The molecule has 10 heteroatoms. The number of hydrogen-bond acceptors (Lipinski definition) is 4. The highest BCUT2D eigenvalue weighted by molar-refractivity contribution is 14.0. The van der Waals surface area contributed by atoms with E-state index in [4.69, 9.17) is 16.6 Å². The number of benzene rings is 2. The molecule has 170 valence electrons. The second kappa shape index (κ2) is 11.9. The normalized spacial score (nSPS) is 14.9. The van der Waals surface area contributed by atoms with Crippen molar-refractivity contribution in [3.8, 4) is 0 Å². The summed E-state index contributed by atoms with van der Waals surface area (Å²) in [6.07, 6.45) is 0. The van der Waals surface area contributed by atoms with Gasteiger partial charge in [-0.25, -0.2) is 18.1 Å². The summed E-state index contributed by atoms with van der Waals surface area (Å²) in [6.45, 7) is 6.82. The Balaban J connectivity index is 0.00000341. The van der Waals surface area contributed by atoms with Crippen LogP contribution in [0.5, 0.6) is 0 Å². The number of nitrogens with one attached hydrogen (secondary N) is 2. The summed E-state index contributed by atoms with van der Waals surface area (Å²) < 4.78 is 26.0. The van der Waals surface area contributed by atoms with E-state index in [0.29, 0.717) is 6.54 Å². The number of hydrogen-bond donors (Lipinski definition) is 2. The van der Waals surface area contributed by atoms with Crippen molar-refractivity contribution >= 4 is 57.2 Å². The van der Waals surface area contributed by atoms with Gasteiger partial charge in [-0.3, -0.25) is 0 Å². The molecule has 0 spiro atoms. The summed E-state index contributed by atoms with van der Waals surface area (Å²) in [6, 6.07) is 14.7. The number of anilines is 1. The predicted molar refractivity (Wildman–Crippen MR) is 138 cm³/mol. The molecule has 2 N–H and O–H groups in total. The van der Waals surface area contributed by atoms with E-state index in [9.17, 15) is 8.42 Å². The highest BCUT2D eigenvalue weighted by Gasteiger charge is 2.20. The molecule has 0 bridgehead atoms. The Kier molecular flexibility index (Phi) is 9.86. The molecule has 31 heavy (non-hydrogen) atoms. The Morgan fingerprint density at radius 1 is 1.10 bits per heavy atom. The van der Waals surface area contributed by atoms with Gasteiger partial charge in [-0.1, -0.05) is 29.8 Å². The number of piperazine rings is 1. The van der Waals surface area contributed by atoms with Crippen molar-refractivity contribution in [2.45, 2.75) is 18.4 Å². The molecule has 0 aromatic heterocycles. The maximum absolute atomic E-state index is 11.9. The van der Waals surface area contributed by atoms with Crippen molar-refractivity contribution in [3.63, 3.8) is 0 Å². The van der Waals surface area contributed by atoms with Gasteiger partial charge in [0, 0.05) is 43.4 Å². The average Bonchev–Trinajstić information content (AvgIpc) is 2.77. The monoisotopic (exact) mass is 577 g/mol. The molecule has 1 heterocycles. The maximum atomic E-state index is 11.9. The summed E-state index contributed by atoms with van der Waals surface area (Å²) in [7, 11) is -2.02. The highest BCUT2D eigenvalue weighted by Crippen LogP contribution is 2.21. The zero-order valence-electron chi connectivity index (χ0n) is 17.7. The molecule has 0 unspecified atom stereocenters. The molecule has 0 aliphatic carbocycles. The lowest BCUT2D eigenvalue weighted by Crippen LogP contribution is -2.52. The van der Waals surface area contributed by atoms with Gasteiger partial charge in [-0.2, -0.15) is 0 Å². The molecule has 1 fully saturated rings. The molecule has 1 aliphatic heterocycles. The Hall–Kier alpha value is -1.56. The van der Waals surface area contributed by atoms with Gasteiger partial charge >= 0.3 is 0 Å². The molecular weight excluding hydrogens is 549 g/mol. The van der Waals surface area contributed by atoms with Crippen LogP contribution in [0.3, 0.4) is 0 Å². The lowest BCUT2D eigenvalue weighted by atomic mass is 10.2. The number of guanidine groups is 1. The zero-order chi connectivity index (χ0) is 21.6. The fourth-order valence-corrected chi connectivity index (χ4v) is 4.25. The van der Waals surface area contributed by atoms with Gasteiger partial charge in [0.05, 0.1) is 11.4 Å². The van der Waals surface area contributed by atoms with Crippen molar-refractivity contribution < 1.29 is 8.42 Å². The first-order valence-corrected chi connectivity index (χ1v) is 11.9. The molecule has 7 nitrogen and oxygen atoms in total. The van der Waals surface area contributed by atoms with E-state index in [0.717, 1.165) is 55.0 Å². The lowest BCUT2D eigenvalue weighted by Gasteiger charge is -2.37. The number of halogens is 2. The average molecular weight is 578 g/mol. The first kappa shape index (κ1) is 25.7. The van der Waals surface area contributed by atoms with Crippen molar-refractivity contribution in [2.75, 3.05) is 44.7 Å². The summed E-state index contributed by atoms with van der Waals surface area (Å²) in [5.41, 5.74) is 2.10. The third-order valence-corrected chi connectivity index (χ3v) is 6.67. The van der Waals surface area contributed by atoms with Crippen molar-refractivity contribution in [1.29, 1.82) is 0 Å². The quantitative estimate of drug-likeness (QED) is 0.313. The van der Waals surface area contributed by atoms with Crippen molar-refractivity contribution in [3.05, 3.63) is 59.1 Å². The van der Waals surface area contributed by atoms with Crippen LogP contribution in [0.2, 0.25) is 5.02 Å². The van der Waals surface area contributed by atoms with E-state index < -0.39 is 10.0 Å². The molecular formula is C21H29ClIN5O2S. The molecule has 1 saturated heterocycles. The fraction of sp³-hybridized carbons (Fsp3) is 0.381. The summed E-state index contributed by atoms with van der Waals surface area (Å²) in [5.74, 6) is 0.871. The van der Waals surface area contributed by atoms with Gasteiger partial charge in [-0.05, 0) is 49.9 Å². The topological polar surface area (TPSA) is 77.0 Å². The largest absolute Gasteiger partial charge is 0.368 e. The Morgan fingerprint density at radius 2 is 1.77 bits per heavy atom. The zero-order valence-corrected chi connectivity index (χ0v) is 21.6. The smallest absolute Gasteiger partial charge is 0.240 e. The van der Waals surface area contributed by atoms with Crippen LogP contribution >= 0.6 is 35.6 Å². The van der Waals surface area contributed by atoms with Gasteiger partial charge in [0.2, 0.25) is 10.0 Å². The molecule has 2 aromatic rings. The Labute approximate surface area is 206 Å². The number of rotatable bonds is 6. The van der Waals surface area contributed by atoms with Gasteiger partial charge in [0.1, 0.15) is 0 Å². The van der Waals surface area contributed by atoms with E-state index in [-0.39, 0.29) is 28.9 Å². The van der Waals surface area contributed by atoms with E-state index in [2.05, 4.69) is 32.8 Å². The van der Waals surface area contributed by atoms with Crippen LogP contribution < -0.4 is 14.9 Å². The minimum absolute atomic E-state index is 0. The number of aliphatic imine (C=N–C) groups is 1. The lowest BCUT2D eigenvalue weighted by molar-refractivity contribution is 0.372. The molecule has 0 atom stereocenters. The first-order valence-electron chi connectivity index (χ1n) is 9.99. The third-order valence-electron chi connectivity index (χ3n) is 5.00. The van der Waals surface area contributed by atoms with E-state index in [1.807, 2.05) is 18.2 Å². The van der Waals surface area contributed by atoms with E-state index >= 15 is 0 Å². The fourth-order valence-electron chi connectivity index (χ4n) is 3.33. The molecule has 2 aromatic carbocycles. The Bertz CT molecular complexity index is 978. The van der Waals surface area contributed by atoms with Crippen molar-refractivity contribution in [1.82, 2.24) is 14.9 Å². The van der Waals surface area contributed by atoms with Crippen LogP contribution in [-0.2, 0) is 16.6 Å². The van der Waals surface area contributed by atoms with Gasteiger partial charge in [-0.15, -0.1) is 24.0 Å². The van der Waals surface area contributed by atoms with Gasteiger partial charge in [0.15, 0.2) is 5.96 Å². The van der Waals surface area contributed by atoms with Crippen LogP contribution in [0.25, 0.3) is 0 Å². The number of sulfonamides is 1. The Morgan fingerprint density at radius 3 is 2.35 bits per heavy atom. The van der Waals surface area contributed by atoms with E-state index in [1.54, 1.807) is 24.3 Å². The molecule has 0 radical (unpaired) electrons. The predicted octanol–water partition coefficient (Wildman–Crippen LogP) is 3.15. The molecule has 1 aliphatic rings. The first-order chi connectivity index (χ1) is 14.4. The van der Waals surface area contributed by atoms with Crippen LogP contribution in [0.15, 0.2) is 58.4 Å². The van der Waals surface area contributed by atoms with Gasteiger partial charge in [0.25, 0.3) is 0 Å². The minimum Gasteiger partial charge on any atom is -0.368 e. The molecule has 3 rings (SSSR count). The van der Waals surface area contributed by atoms with Gasteiger partial charge < -0.3 is 15.1 Å². The van der Waals surface area contributed by atoms with Crippen molar-refractivity contribution in [2.24, 2.45) is 4.99 Å². The minimum atomic E-state index is -3.42. The second-order valence-corrected chi connectivity index (χ2v) is 9.30. The summed E-state index contributed by atoms with van der Waals surface area (Å²) >= 11 is 6.12. The maximum Gasteiger partial charge on any atom is 0.240 e. The molecule has 0 saturated carbocycles. The van der Waals surface area contributed by atoms with Crippen LogP contribution in [0, 0.1) is 0 Å². The molecule has 0 amide bonds. The summed E-state index contributed by atoms with van der Waals surface area (Å²) in [4.78, 5) is 9.59. The standard InChI is InChI=1S/C21H28ClN5O2S.HI/c1-3-24-21(25-16-17-7-9-20(10-8-17)30(28,29)23-2)27-13-11-26(12-14-27)19-6-4-5-18(22)15-19;/h4-10,15,23H,3,11-14,16H2,1-2H3,(H,24,25);1H.